The summed E-state index contributed by atoms with van der Waals surface area (Å²) >= 11 is 1.64. The van der Waals surface area contributed by atoms with Crippen LogP contribution in [0.3, 0.4) is 0 Å². The molecule has 0 N–H and O–H groups in total. The van der Waals surface area contributed by atoms with Gasteiger partial charge in [0, 0.05) is 10.8 Å². The minimum absolute atomic E-state index is 0.980. The summed E-state index contributed by atoms with van der Waals surface area (Å²) in [5, 5.41) is 6.88. The molecule has 0 aliphatic heterocycles. The number of benzene rings is 3. The van der Waals surface area contributed by atoms with Crippen LogP contribution in [-0.2, 0) is 0 Å². The zero-order chi connectivity index (χ0) is 13.8. The molecule has 0 unspecified atom stereocenters. The number of thiophene rings is 1. The molecule has 2 heterocycles. The Kier molecular flexibility index (Phi) is 2.12. The first-order valence-corrected chi connectivity index (χ1v) is 7.74. The van der Waals surface area contributed by atoms with Crippen molar-refractivity contribution in [3.05, 3.63) is 60.0 Å². The lowest BCUT2D eigenvalue weighted by molar-refractivity contribution is 1.45. The molecule has 0 amide bonds. The molecule has 0 spiro atoms. The van der Waals surface area contributed by atoms with Gasteiger partial charge in [0.25, 0.3) is 0 Å². The van der Waals surface area contributed by atoms with E-state index in [9.17, 15) is 0 Å². The molecule has 0 radical (unpaired) electrons. The summed E-state index contributed by atoms with van der Waals surface area (Å²) in [5.41, 5.74) is 2.97. The highest BCUT2D eigenvalue weighted by Gasteiger charge is 2.11. The SMILES string of the molecule is c1ccc2c(c1)c1ccccc1c1nc3sccc3nc21. The highest BCUT2D eigenvalue weighted by molar-refractivity contribution is 7.16. The molecule has 2 nitrogen and oxygen atoms in total. The average Bonchev–Trinajstić information content (AvgIpc) is 3.01. The third-order valence-electron chi connectivity index (χ3n) is 3.95. The van der Waals surface area contributed by atoms with E-state index in [-0.39, 0.29) is 0 Å². The second-order valence-corrected chi connectivity index (χ2v) is 6.02. The van der Waals surface area contributed by atoms with Gasteiger partial charge in [0.15, 0.2) is 0 Å². The Balaban J connectivity index is 2.21. The second kappa shape index (κ2) is 3.99. The number of hydrogen-bond donors (Lipinski definition) is 0. The first-order valence-electron chi connectivity index (χ1n) is 6.86. The highest BCUT2D eigenvalue weighted by atomic mass is 32.1. The molecule has 21 heavy (non-hydrogen) atoms. The minimum atomic E-state index is 0.980. The summed E-state index contributed by atoms with van der Waals surface area (Å²) in [4.78, 5) is 10.7. The molecule has 0 saturated carbocycles. The van der Waals surface area contributed by atoms with Crippen molar-refractivity contribution in [2.24, 2.45) is 0 Å². The normalized spacial score (nSPS) is 11.8. The van der Waals surface area contributed by atoms with Crippen molar-refractivity contribution in [3.63, 3.8) is 0 Å². The Hall–Kier alpha value is -2.52. The van der Waals surface area contributed by atoms with Gasteiger partial charge in [-0.1, -0.05) is 48.5 Å². The van der Waals surface area contributed by atoms with Crippen LogP contribution in [0.25, 0.3) is 42.9 Å². The molecule has 0 atom stereocenters. The molecule has 0 saturated heterocycles. The van der Waals surface area contributed by atoms with Gasteiger partial charge in [-0.05, 0) is 22.2 Å². The second-order valence-electron chi connectivity index (χ2n) is 5.12. The maximum absolute atomic E-state index is 4.87. The van der Waals surface area contributed by atoms with Crippen LogP contribution in [-0.4, -0.2) is 9.97 Å². The quantitative estimate of drug-likeness (QED) is 0.368. The highest BCUT2D eigenvalue weighted by Crippen LogP contribution is 2.34. The van der Waals surface area contributed by atoms with E-state index in [1.165, 1.54) is 21.5 Å². The zero-order valence-corrected chi connectivity index (χ0v) is 11.9. The molecule has 5 aromatic rings. The Morgan fingerprint density at radius 1 is 0.619 bits per heavy atom. The van der Waals surface area contributed by atoms with Gasteiger partial charge in [-0.15, -0.1) is 11.3 Å². The molecule has 3 aromatic carbocycles. The fourth-order valence-electron chi connectivity index (χ4n) is 3.02. The van der Waals surface area contributed by atoms with Crippen LogP contribution in [0.1, 0.15) is 0 Å². The van der Waals surface area contributed by atoms with Crippen molar-refractivity contribution < 1.29 is 0 Å². The van der Waals surface area contributed by atoms with Crippen LogP contribution < -0.4 is 0 Å². The summed E-state index contributed by atoms with van der Waals surface area (Å²) in [6.45, 7) is 0. The topological polar surface area (TPSA) is 25.8 Å². The Morgan fingerprint density at radius 3 is 1.86 bits per heavy atom. The van der Waals surface area contributed by atoms with E-state index in [1.807, 2.05) is 11.4 Å². The van der Waals surface area contributed by atoms with Gasteiger partial charge in [-0.3, -0.25) is 0 Å². The molecule has 0 aliphatic rings. The molecule has 0 fully saturated rings. The summed E-state index contributed by atoms with van der Waals surface area (Å²) in [6, 6.07) is 18.9. The third-order valence-corrected chi connectivity index (χ3v) is 4.75. The van der Waals surface area contributed by atoms with Gasteiger partial charge in [0.2, 0.25) is 0 Å². The van der Waals surface area contributed by atoms with Gasteiger partial charge in [-0.25, -0.2) is 9.97 Å². The maximum Gasteiger partial charge on any atom is 0.142 e. The molecule has 0 bridgehead atoms. The van der Waals surface area contributed by atoms with E-state index in [1.54, 1.807) is 11.3 Å². The van der Waals surface area contributed by atoms with Gasteiger partial charge in [-0.2, -0.15) is 0 Å². The monoisotopic (exact) mass is 286 g/mol. The Morgan fingerprint density at radius 2 is 1.19 bits per heavy atom. The van der Waals surface area contributed by atoms with Gasteiger partial charge >= 0.3 is 0 Å². The summed E-state index contributed by atoms with van der Waals surface area (Å²) in [6.07, 6.45) is 0. The predicted molar refractivity (Wildman–Crippen MR) is 89.9 cm³/mol. The van der Waals surface area contributed by atoms with Crippen molar-refractivity contribution in [2.75, 3.05) is 0 Å². The zero-order valence-electron chi connectivity index (χ0n) is 11.1. The van der Waals surface area contributed by atoms with E-state index in [0.717, 1.165) is 21.4 Å². The van der Waals surface area contributed by atoms with Gasteiger partial charge in [0.05, 0.1) is 11.0 Å². The van der Waals surface area contributed by atoms with Crippen LogP contribution in [0, 0.1) is 0 Å². The van der Waals surface area contributed by atoms with E-state index in [0.29, 0.717) is 0 Å². The lowest BCUT2D eigenvalue weighted by atomic mass is 10.00. The number of rotatable bonds is 0. The summed E-state index contributed by atoms with van der Waals surface area (Å²) < 4.78 is 0. The molecule has 5 rings (SSSR count). The Bertz CT molecular complexity index is 1050. The number of nitrogens with zero attached hydrogens (tertiary/aromatic N) is 2. The number of hydrogen-bond acceptors (Lipinski definition) is 3. The van der Waals surface area contributed by atoms with Crippen molar-refractivity contribution in [1.29, 1.82) is 0 Å². The van der Waals surface area contributed by atoms with Crippen molar-refractivity contribution in [2.45, 2.75) is 0 Å². The van der Waals surface area contributed by atoms with E-state index in [4.69, 9.17) is 9.97 Å². The maximum atomic E-state index is 4.87. The fourth-order valence-corrected chi connectivity index (χ4v) is 3.72. The molecular weight excluding hydrogens is 276 g/mol. The smallest absolute Gasteiger partial charge is 0.142 e. The average molecular weight is 286 g/mol. The predicted octanol–water partition coefficient (Wildman–Crippen LogP) is 5.15. The largest absolute Gasteiger partial charge is 0.243 e. The Labute approximate surface area is 124 Å². The van der Waals surface area contributed by atoms with E-state index in [2.05, 4.69) is 48.5 Å². The molecular formula is C18H10N2S. The lowest BCUT2D eigenvalue weighted by Crippen LogP contribution is -1.89. The van der Waals surface area contributed by atoms with E-state index < -0.39 is 0 Å². The third kappa shape index (κ3) is 1.46. The van der Waals surface area contributed by atoms with Crippen molar-refractivity contribution in [1.82, 2.24) is 9.97 Å². The van der Waals surface area contributed by atoms with Crippen LogP contribution >= 0.6 is 11.3 Å². The number of fused-ring (bicyclic) bond motifs is 7. The molecule has 2 aromatic heterocycles. The van der Waals surface area contributed by atoms with Crippen LogP contribution in [0.15, 0.2) is 60.0 Å². The van der Waals surface area contributed by atoms with Gasteiger partial charge in [0.1, 0.15) is 10.3 Å². The minimum Gasteiger partial charge on any atom is -0.243 e. The van der Waals surface area contributed by atoms with Crippen LogP contribution in [0.2, 0.25) is 0 Å². The van der Waals surface area contributed by atoms with Crippen molar-refractivity contribution >= 4 is 54.3 Å². The lowest BCUT2D eigenvalue weighted by Gasteiger charge is -2.08. The fraction of sp³-hybridized carbons (Fsp3) is 0. The molecule has 0 aliphatic carbocycles. The van der Waals surface area contributed by atoms with Crippen LogP contribution in [0.5, 0.6) is 0 Å². The van der Waals surface area contributed by atoms with E-state index >= 15 is 0 Å². The standard InChI is InChI=1S/C18H10N2S/c1-3-7-13-11(5-1)12-6-2-4-8-14(12)17-16(13)19-15-9-10-21-18(15)20-17/h1-10H. The molecule has 3 heteroatoms. The summed E-state index contributed by atoms with van der Waals surface area (Å²) in [5.74, 6) is 0. The van der Waals surface area contributed by atoms with Crippen LogP contribution in [0.4, 0.5) is 0 Å². The summed E-state index contributed by atoms with van der Waals surface area (Å²) in [7, 11) is 0. The first-order chi connectivity index (χ1) is 10.4. The van der Waals surface area contributed by atoms with Crippen molar-refractivity contribution in [3.8, 4) is 0 Å². The first kappa shape index (κ1) is 11.2. The van der Waals surface area contributed by atoms with Gasteiger partial charge < -0.3 is 0 Å². The molecule has 98 valence electrons. The number of aromatic nitrogens is 2.